The zero-order valence-corrected chi connectivity index (χ0v) is 16.5. The number of ether oxygens (including phenoxy) is 1. The molecule has 146 valence electrons. The highest BCUT2D eigenvalue weighted by molar-refractivity contribution is 7.09. The first kappa shape index (κ1) is 18.9. The van der Waals surface area contributed by atoms with E-state index in [2.05, 4.69) is 14.7 Å². The normalized spacial score (nSPS) is 38.3. The molecule has 1 aromatic rings. The number of anilines is 1. The van der Waals surface area contributed by atoms with Crippen LogP contribution >= 0.6 is 23.1 Å². The fraction of sp³-hybridized carbons (Fsp3) is 0.889. The first-order valence-electron chi connectivity index (χ1n) is 9.83. The minimum absolute atomic E-state index is 0.182. The van der Waals surface area contributed by atoms with E-state index in [9.17, 15) is 10.2 Å². The van der Waals surface area contributed by atoms with Gasteiger partial charge in [-0.05, 0) is 42.2 Å². The third kappa shape index (κ3) is 4.17. The summed E-state index contributed by atoms with van der Waals surface area (Å²) in [5.41, 5.74) is 0. The van der Waals surface area contributed by atoms with Crippen LogP contribution in [-0.4, -0.2) is 50.5 Å². The van der Waals surface area contributed by atoms with E-state index in [-0.39, 0.29) is 11.4 Å². The highest BCUT2D eigenvalue weighted by atomic mass is 35.5. The van der Waals surface area contributed by atoms with Gasteiger partial charge in [-0.2, -0.15) is 9.36 Å². The van der Waals surface area contributed by atoms with Crippen LogP contribution in [-0.2, 0) is 4.74 Å². The standard InChI is InChI=1S/C18H28ClN3O3S/c19-17-21-18(26-22-17)20-13-9-25-16(15(24)14(13)23)12-7-6-11(8-12)5-4-10-2-1-3-10/h10-16,23-24H,1-9H2,(H,20,21,22)/t11?,12?,13-,14-,15-,16-/m1/s1. The van der Waals surface area contributed by atoms with Crippen LogP contribution in [0.2, 0.25) is 5.28 Å². The summed E-state index contributed by atoms with van der Waals surface area (Å²) >= 11 is 6.86. The van der Waals surface area contributed by atoms with Crippen molar-refractivity contribution in [1.29, 1.82) is 0 Å². The molecule has 1 saturated heterocycles. The fourth-order valence-corrected chi connectivity index (χ4v) is 5.51. The van der Waals surface area contributed by atoms with Crippen molar-refractivity contribution in [3.63, 3.8) is 0 Å². The van der Waals surface area contributed by atoms with Gasteiger partial charge in [0, 0.05) is 11.5 Å². The summed E-state index contributed by atoms with van der Waals surface area (Å²) in [7, 11) is 0. The van der Waals surface area contributed by atoms with Crippen LogP contribution in [0, 0.1) is 17.8 Å². The Morgan fingerprint density at radius 3 is 2.62 bits per heavy atom. The first-order chi connectivity index (χ1) is 12.6. The molecule has 2 saturated carbocycles. The summed E-state index contributed by atoms with van der Waals surface area (Å²) in [6.45, 7) is 0.351. The van der Waals surface area contributed by atoms with Crippen LogP contribution in [0.1, 0.15) is 51.4 Å². The predicted molar refractivity (Wildman–Crippen MR) is 101 cm³/mol. The maximum Gasteiger partial charge on any atom is 0.236 e. The summed E-state index contributed by atoms with van der Waals surface area (Å²) in [5.74, 6) is 2.07. The quantitative estimate of drug-likeness (QED) is 0.678. The van der Waals surface area contributed by atoms with E-state index in [1.54, 1.807) is 0 Å². The molecular weight excluding hydrogens is 374 g/mol. The number of nitrogens with zero attached hydrogens (tertiary/aromatic N) is 2. The molecule has 1 aliphatic heterocycles. The van der Waals surface area contributed by atoms with Crippen molar-refractivity contribution in [1.82, 2.24) is 9.36 Å². The van der Waals surface area contributed by atoms with Crippen molar-refractivity contribution in [2.24, 2.45) is 17.8 Å². The largest absolute Gasteiger partial charge is 0.388 e. The first-order valence-corrected chi connectivity index (χ1v) is 11.0. The van der Waals surface area contributed by atoms with E-state index in [1.807, 2.05) is 0 Å². The van der Waals surface area contributed by atoms with Gasteiger partial charge in [0.2, 0.25) is 10.4 Å². The van der Waals surface area contributed by atoms with E-state index >= 15 is 0 Å². The minimum Gasteiger partial charge on any atom is -0.388 e. The molecule has 26 heavy (non-hydrogen) atoms. The smallest absolute Gasteiger partial charge is 0.236 e. The Morgan fingerprint density at radius 1 is 1.12 bits per heavy atom. The van der Waals surface area contributed by atoms with Gasteiger partial charge < -0.3 is 20.3 Å². The Hall–Kier alpha value is -0.470. The number of hydrogen-bond acceptors (Lipinski definition) is 7. The van der Waals surface area contributed by atoms with E-state index in [0.717, 1.165) is 36.2 Å². The van der Waals surface area contributed by atoms with Gasteiger partial charge in [-0.25, -0.2) is 0 Å². The predicted octanol–water partition coefficient (Wildman–Crippen LogP) is 3.09. The highest BCUT2D eigenvalue weighted by Crippen LogP contribution is 2.41. The second kappa shape index (κ2) is 8.27. The monoisotopic (exact) mass is 401 g/mol. The molecule has 6 atom stereocenters. The van der Waals surface area contributed by atoms with E-state index in [0.29, 0.717) is 17.7 Å². The Kier molecular flexibility index (Phi) is 6.00. The number of rotatable bonds is 6. The molecule has 3 aliphatic rings. The molecule has 2 heterocycles. The lowest BCUT2D eigenvalue weighted by molar-refractivity contribution is -0.158. The van der Waals surface area contributed by atoms with Gasteiger partial charge >= 0.3 is 0 Å². The molecule has 2 aliphatic carbocycles. The van der Waals surface area contributed by atoms with Gasteiger partial charge in [0.25, 0.3) is 0 Å². The van der Waals surface area contributed by atoms with Crippen molar-refractivity contribution in [3.8, 4) is 0 Å². The summed E-state index contributed by atoms with van der Waals surface area (Å²) in [6, 6.07) is -0.402. The molecule has 1 aromatic heterocycles. The molecule has 8 heteroatoms. The third-order valence-corrected chi connectivity index (χ3v) is 7.45. The lowest BCUT2D eigenvalue weighted by Crippen LogP contribution is -2.57. The van der Waals surface area contributed by atoms with Gasteiger partial charge in [-0.15, -0.1) is 0 Å². The summed E-state index contributed by atoms with van der Waals surface area (Å²) in [5, 5.41) is 25.0. The van der Waals surface area contributed by atoms with Gasteiger partial charge in [-0.3, -0.25) is 0 Å². The Labute approximate surface area is 163 Å². The van der Waals surface area contributed by atoms with Crippen molar-refractivity contribution < 1.29 is 14.9 Å². The molecule has 0 amide bonds. The molecule has 6 nitrogen and oxygen atoms in total. The van der Waals surface area contributed by atoms with Crippen molar-refractivity contribution in [2.75, 3.05) is 11.9 Å². The van der Waals surface area contributed by atoms with E-state index in [4.69, 9.17) is 16.3 Å². The van der Waals surface area contributed by atoms with Gasteiger partial charge in [0.15, 0.2) is 0 Å². The molecule has 4 rings (SSSR count). The number of aliphatic hydroxyl groups is 2. The van der Waals surface area contributed by atoms with Gasteiger partial charge in [-0.1, -0.05) is 38.5 Å². The Morgan fingerprint density at radius 2 is 1.92 bits per heavy atom. The second-order valence-corrected chi connectivity index (χ2v) is 9.30. The summed E-state index contributed by atoms with van der Waals surface area (Å²) in [4.78, 5) is 4.03. The zero-order chi connectivity index (χ0) is 18.1. The average molecular weight is 402 g/mol. The summed E-state index contributed by atoms with van der Waals surface area (Å²) in [6.07, 6.45) is 8.34. The van der Waals surface area contributed by atoms with Crippen molar-refractivity contribution in [2.45, 2.75) is 75.7 Å². The molecule has 0 radical (unpaired) electrons. The molecule has 0 bridgehead atoms. The second-order valence-electron chi connectivity index (χ2n) is 8.21. The number of hydrogen-bond donors (Lipinski definition) is 3. The van der Waals surface area contributed by atoms with E-state index in [1.165, 1.54) is 38.5 Å². The number of aromatic nitrogens is 2. The molecular formula is C18H28ClN3O3S. The van der Waals surface area contributed by atoms with Gasteiger partial charge in [0.05, 0.1) is 18.8 Å². The number of nitrogens with one attached hydrogen (secondary N) is 1. The molecule has 3 N–H and O–H groups in total. The number of aliphatic hydroxyl groups excluding tert-OH is 2. The topological polar surface area (TPSA) is 87.5 Å². The zero-order valence-electron chi connectivity index (χ0n) is 14.9. The lowest BCUT2D eigenvalue weighted by atomic mass is 9.80. The average Bonchev–Trinajstić information content (AvgIpc) is 3.20. The highest BCUT2D eigenvalue weighted by Gasteiger charge is 2.44. The van der Waals surface area contributed by atoms with Crippen LogP contribution in [0.15, 0.2) is 0 Å². The van der Waals surface area contributed by atoms with Crippen LogP contribution < -0.4 is 5.32 Å². The maximum absolute atomic E-state index is 10.6. The van der Waals surface area contributed by atoms with Crippen molar-refractivity contribution >= 4 is 28.3 Å². The fourth-order valence-electron chi connectivity index (χ4n) is 4.74. The SMILES string of the molecule is O[C@@H]1[C@H](O)[C@H](Nc2nc(Cl)ns2)CO[C@@H]1C1CCC(CCC2CCC2)C1. The maximum atomic E-state index is 10.6. The molecule has 3 fully saturated rings. The van der Waals surface area contributed by atoms with Crippen LogP contribution in [0.5, 0.6) is 0 Å². The Bertz CT molecular complexity index is 600. The van der Waals surface area contributed by atoms with Crippen LogP contribution in [0.4, 0.5) is 5.13 Å². The Balaban J connectivity index is 1.27. The molecule has 0 spiro atoms. The minimum atomic E-state index is -0.884. The van der Waals surface area contributed by atoms with Crippen LogP contribution in [0.25, 0.3) is 0 Å². The van der Waals surface area contributed by atoms with Crippen molar-refractivity contribution in [3.05, 3.63) is 5.28 Å². The summed E-state index contributed by atoms with van der Waals surface area (Å²) < 4.78 is 9.89. The van der Waals surface area contributed by atoms with Crippen LogP contribution in [0.3, 0.4) is 0 Å². The number of halogens is 1. The molecule has 2 unspecified atom stereocenters. The van der Waals surface area contributed by atoms with E-state index < -0.39 is 18.2 Å². The third-order valence-electron chi connectivity index (χ3n) is 6.53. The molecule has 0 aromatic carbocycles. The lowest BCUT2D eigenvalue weighted by Gasteiger charge is -2.40. The van der Waals surface area contributed by atoms with Gasteiger partial charge in [0.1, 0.15) is 12.2 Å².